The Balaban J connectivity index is 0. The number of carboxylic acid groups (broad SMARTS) is 1. The first-order valence-corrected chi connectivity index (χ1v) is 25.7. The van der Waals surface area contributed by atoms with E-state index in [-0.39, 0.29) is 22.5 Å². The van der Waals surface area contributed by atoms with Crippen LogP contribution < -0.4 is 0 Å². The van der Waals surface area contributed by atoms with Gasteiger partial charge >= 0.3 is 11.9 Å². The number of carbonyl (C=O) groups excluding carboxylic acids is 1. The van der Waals surface area contributed by atoms with Gasteiger partial charge in [0.05, 0.1) is 33.2 Å². The Hall–Kier alpha value is -1.67. The van der Waals surface area contributed by atoms with Crippen LogP contribution in [-0.4, -0.2) is 48.9 Å². The van der Waals surface area contributed by atoms with Crippen molar-refractivity contribution in [1.82, 2.24) is 0 Å². The Morgan fingerprint density at radius 1 is 0.727 bits per heavy atom. The quantitative estimate of drug-likeness (QED) is 0.112. The van der Waals surface area contributed by atoms with Crippen molar-refractivity contribution in [2.24, 2.45) is 0 Å². The molecule has 1 N–H and O–H groups in total. The van der Waals surface area contributed by atoms with Crippen molar-refractivity contribution >= 4 is 59.3 Å². The molecule has 2 heterocycles. The van der Waals surface area contributed by atoms with E-state index in [0.717, 1.165) is 14.6 Å². The summed E-state index contributed by atoms with van der Waals surface area (Å²) < 4.78 is 16.9. The van der Waals surface area contributed by atoms with Gasteiger partial charge in [-0.3, -0.25) is 9.59 Å². The molecule has 0 fully saturated rings. The van der Waals surface area contributed by atoms with Crippen LogP contribution in [0.3, 0.4) is 0 Å². The molecule has 2 rings (SSSR count). The zero-order valence-corrected chi connectivity index (χ0v) is 34.2. The van der Waals surface area contributed by atoms with E-state index in [1.165, 1.54) is 23.3 Å². The summed E-state index contributed by atoms with van der Waals surface area (Å²) in [5.41, 5.74) is 0. The lowest BCUT2D eigenvalue weighted by molar-refractivity contribution is -0.140. The molecule has 8 nitrogen and oxygen atoms in total. The molecular formula is C31H57N2O6S2Si3-. The lowest BCUT2D eigenvalue weighted by atomic mass is 10.2. The number of rotatable bonds is 10. The number of carboxylic acids is 1. The monoisotopic (exact) mass is 701 g/mol. The molecular weight excluding hydrogens is 645 g/mol. The van der Waals surface area contributed by atoms with Gasteiger partial charge in [0.15, 0.2) is 16.6 Å². The highest BCUT2D eigenvalue weighted by atomic mass is 32.1. The van der Waals surface area contributed by atoms with E-state index in [9.17, 15) is 9.59 Å². The number of methoxy groups -OCH3 is 1. The van der Waals surface area contributed by atoms with Crippen molar-refractivity contribution in [2.45, 2.75) is 124 Å². The molecule has 0 unspecified atom stereocenters. The third-order valence-corrected chi connectivity index (χ3v) is 18.1. The summed E-state index contributed by atoms with van der Waals surface area (Å²) >= 11 is 3.15. The highest BCUT2D eigenvalue weighted by Gasteiger charge is 2.38. The molecule has 0 spiro atoms. The summed E-state index contributed by atoms with van der Waals surface area (Å²) in [5, 5.41) is 21.1. The fraction of sp³-hybridized carbons (Fsp3) is 0.645. The number of carbonyl (C=O) groups is 2. The van der Waals surface area contributed by atoms with Crippen LogP contribution in [0.1, 0.15) is 61.1 Å². The molecule has 0 aliphatic rings. The third-order valence-electron chi connectivity index (χ3n) is 7.07. The maximum absolute atomic E-state index is 11.2. The first kappa shape index (κ1) is 44.5. The topological polar surface area (TPSA) is 130 Å². The Bertz CT molecular complexity index is 1150. The van der Waals surface area contributed by atoms with Gasteiger partial charge in [-0.25, -0.2) is 0 Å². The second-order valence-electron chi connectivity index (χ2n) is 14.7. The van der Waals surface area contributed by atoms with Crippen molar-refractivity contribution in [3.63, 3.8) is 0 Å². The minimum Gasteiger partial charge on any atom is -0.481 e. The predicted octanol–water partition coefficient (Wildman–Crippen LogP) is 9.61. The smallest absolute Gasteiger partial charge is 0.310 e. The zero-order valence-electron chi connectivity index (χ0n) is 29.5. The first-order valence-electron chi connectivity index (χ1n) is 14.5. The number of aliphatic carboxylic acids is 1. The molecule has 2 aromatic heterocycles. The van der Waals surface area contributed by atoms with Gasteiger partial charge in [0.1, 0.15) is 0 Å². The third kappa shape index (κ3) is 19.7. The molecule has 0 radical (unpaired) electrons. The zero-order chi connectivity index (χ0) is 35.2. The van der Waals surface area contributed by atoms with Crippen LogP contribution in [0.5, 0.6) is 0 Å². The van der Waals surface area contributed by atoms with Crippen LogP contribution in [0.4, 0.5) is 0 Å². The fourth-order valence-electron chi connectivity index (χ4n) is 2.49. The summed E-state index contributed by atoms with van der Waals surface area (Å²) in [6.07, 6.45) is 0.450. The average Bonchev–Trinajstić information content (AvgIpc) is 3.49. The van der Waals surface area contributed by atoms with Gasteiger partial charge < -0.3 is 25.2 Å². The van der Waals surface area contributed by atoms with E-state index in [0.29, 0.717) is 19.6 Å². The van der Waals surface area contributed by atoms with E-state index in [1.807, 2.05) is 24.3 Å². The van der Waals surface area contributed by atoms with Crippen molar-refractivity contribution in [2.75, 3.05) is 7.11 Å². The molecule has 0 aliphatic heterocycles. The molecule has 2 aromatic rings. The minimum absolute atomic E-state index is 0.102. The van der Waals surface area contributed by atoms with E-state index in [2.05, 4.69) is 98.7 Å². The number of nitrogens with zero attached hydrogens (tertiary/aromatic N) is 2. The Morgan fingerprint density at radius 3 is 1.30 bits per heavy atom. The van der Waals surface area contributed by atoms with Crippen LogP contribution in [0.25, 0.3) is 0 Å². The minimum atomic E-state index is -1.72. The van der Waals surface area contributed by atoms with Gasteiger partial charge in [0, 0.05) is 30.3 Å². The van der Waals surface area contributed by atoms with Crippen molar-refractivity contribution < 1.29 is 28.3 Å². The summed E-state index contributed by atoms with van der Waals surface area (Å²) in [6, 6.07) is 7.86. The number of hydrogen-bond donors (Lipinski definition) is 1. The maximum Gasteiger partial charge on any atom is 0.310 e. The van der Waals surface area contributed by atoms with Gasteiger partial charge in [-0.1, -0.05) is 61.2 Å². The SMILES string of the molecule is CC(C)(C)[Si](C)(C)OCc1ccc(CC(=O)O)s1.COC(=O)Cc1ccc(CO[Si](C)(C)C(C)(C)C)s1.N#N.[CH2-][Si](C)(C)C. The van der Waals surface area contributed by atoms with Crippen LogP contribution in [0, 0.1) is 17.3 Å². The molecule has 0 amide bonds. The van der Waals surface area contributed by atoms with E-state index in [1.54, 1.807) is 11.3 Å². The van der Waals surface area contributed by atoms with Crippen LogP contribution in [0.15, 0.2) is 24.3 Å². The number of esters is 1. The summed E-state index contributed by atoms with van der Waals surface area (Å²) in [6.45, 7) is 34.1. The summed E-state index contributed by atoms with van der Waals surface area (Å²) in [4.78, 5) is 26.0. The summed E-state index contributed by atoms with van der Waals surface area (Å²) in [5.74, 6) is -0.979. The van der Waals surface area contributed by atoms with Crippen molar-refractivity contribution in [3.8, 4) is 0 Å². The molecule has 0 bridgehead atoms. The molecule has 0 saturated heterocycles. The maximum atomic E-state index is 11.2. The summed E-state index contributed by atoms with van der Waals surface area (Å²) in [7, 11) is -2.87. The highest BCUT2D eigenvalue weighted by Crippen LogP contribution is 2.38. The van der Waals surface area contributed by atoms with Crippen molar-refractivity contribution in [3.05, 3.63) is 50.3 Å². The van der Waals surface area contributed by atoms with Gasteiger partial charge in [0.25, 0.3) is 0 Å². The normalized spacial score (nSPS) is 12.0. The lowest BCUT2D eigenvalue weighted by Crippen LogP contribution is -2.40. The molecule has 0 saturated carbocycles. The molecule has 44 heavy (non-hydrogen) atoms. The fourth-order valence-corrected chi connectivity index (χ4v) is 6.44. The van der Waals surface area contributed by atoms with Crippen LogP contribution >= 0.6 is 22.7 Å². The lowest BCUT2D eigenvalue weighted by Gasteiger charge is -2.36. The molecule has 0 atom stereocenters. The molecule has 0 aromatic carbocycles. The van der Waals surface area contributed by atoms with E-state index < -0.39 is 30.7 Å². The van der Waals surface area contributed by atoms with Gasteiger partial charge in [-0.2, -0.15) is 0 Å². The Labute approximate surface area is 278 Å². The van der Waals surface area contributed by atoms with E-state index in [4.69, 9.17) is 24.7 Å². The largest absolute Gasteiger partial charge is 0.481 e. The van der Waals surface area contributed by atoms with Crippen molar-refractivity contribution in [1.29, 1.82) is 10.8 Å². The second-order valence-corrected chi connectivity index (χ2v) is 32.0. The second kappa shape index (κ2) is 19.1. The number of hydrogen-bond acceptors (Lipinski definition) is 9. The standard InChI is InChI=1S/C14H24O3SSi.C13H22O3SSi.C4H11Si.N2/c1-14(2,3)19(5,6)17-10-12-8-7-11(18-12)9-13(15)16-4;1-13(2,3)18(4,5)16-9-11-7-6-10(17-11)8-12(14)15;1-5(2,3)4;1-2/h7-8H,9-10H2,1-6H3;6-7H,8-9H2,1-5H3,(H,14,15);1H2,2-4H3;/q;;-1;. The van der Waals surface area contributed by atoms with Gasteiger partial charge in [0.2, 0.25) is 0 Å². The number of ether oxygens (including phenoxy) is 1. The number of thiophene rings is 2. The molecule has 252 valence electrons. The van der Waals surface area contributed by atoms with Gasteiger partial charge in [-0.05, 0) is 60.5 Å². The van der Waals surface area contributed by atoms with Crippen LogP contribution in [-0.2, 0) is 49.2 Å². The Kier molecular flexibility index (Phi) is 19.3. The van der Waals surface area contributed by atoms with E-state index >= 15 is 0 Å². The predicted molar refractivity (Wildman–Crippen MR) is 192 cm³/mol. The Morgan fingerprint density at radius 2 is 1.02 bits per heavy atom. The molecule has 0 aliphatic carbocycles. The highest BCUT2D eigenvalue weighted by molar-refractivity contribution is 7.12. The molecule has 13 heteroatoms. The van der Waals surface area contributed by atoms with Crippen LogP contribution in [0.2, 0.25) is 55.9 Å². The first-order chi connectivity index (χ1) is 19.8. The average molecular weight is 702 g/mol. The van der Waals surface area contributed by atoms with Gasteiger partial charge in [-0.15, -0.1) is 30.7 Å².